The van der Waals surface area contributed by atoms with Crippen LogP contribution in [-0.2, 0) is 4.79 Å². The molecular formula is C18H19F2N3O2. The Balaban J connectivity index is 1.49. The fraction of sp³-hybridized carbons (Fsp3) is 0.389. The van der Waals surface area contributed by atoms with Crippen molar-refractivity contribution in [1.29, 1.82) is 0 Å². The molecule has 0 spiro atoms. The summed E-state index contributed by atoms with van der Waals surface area (Å²) in [6.07, 6.45) is 2.36. The Labute approximate surface area is 144 Å². The number of carbonyl (C=O) groups excluding carboxylic acids is 1. The van der Waals surface area contributed by atoms with Crippen molar-refractivity contribution in [3.05, 3.63) is 42.6 Å². The number of nitrogens with zero attached hydrogens (tertiary/aromatic N) is 2. The van der Waals surface area contributed by atoms with Crippen LogP contribution in [0.5, 0.6) is 11.6 Å². The number of aromatic nitrogens is 2. The lowest BCUT2D eigenvalue weighted by Gasteiger charge is -2.27. The van der Waals surface area contributed by atoms with Crippen LogP contribution in [0.3, 0.4) is 0 Å². The van der Waals surface area contributed by atoms with E-state index in [1.807, 2.05) is 0 Å². The van der Waals surface area contributed by atoms with Crippen molar-refractivity contribution in [1.82, 2.24) is 10.2 Å². The van der Waals surface area contributed by atoms with Gasteiger partial charge in [0.2, 0.25) is 17.7 Å². The summed E-state index contributed by atoms with van der Waals surface area (Å²) in [7, 11) is 0. The van der Waals surface area contributed by atoms with E-state index in [1.165, 1.54) is 0 Å². The van der Waals surface area contributed by atoms with Crippen LogP contribution in [0.4, 0.5) is 14.5 Å². The minimum Gasteiger partial charge on any atom is -0.438 e. The van der Waals surface area contributed by atoms with Crippen LogP contribution in [0.1, 0.15) is 32.1 Å². The van der Waals surface area contributed by atoms with E-state index < -0.39 is 5.92 Å². The molecule has 1 N–H and O–H groups in total. The van der Waals surface area contributed by atoms with E-state index in [9.17, 15) is 13.6 Å². The third-order valence-corrected chi connectivity index (χ3v) is 4.22. The number of ether oxygens (including phenoxy) is 1. The summed E-state index contributed by atoms with van der Waals surface area (Å²) < 4.78 is 31.8. The van der Waals surface area contributed by atoms with Gasteiger partial charge in [0.25, 0.3) is 0 Å². The number of hydrogen-bond donors (Lipinski definition) is 1. The quantitative estimate of drug-likeness (QED) is 0.869. The van der Waals surface area contributed by atoms with Gasteiger partial charge in [0.05, 0.1) is 0 Å². The molecule has 1 amide bonds. The maximum absolute atomic E-state index is 13.1. The average molecular weight is 347 g/mol. The molecular weight excluding hydrogens is 328 g/mol. The zero-order valence-corrected chi connectivity index (χ0v) is 13.6. The molecule has 0 aliphatic heterocycles. The average Bonchev–Trinajstić information content (AvgIpc) is 2.59. The van der Waals surface area contributed by atoms with Crippen molar-refractivity contribution in [2.24, 2.45) is 5.92 Å². The molecule has 0 saturated heterocycles. The van der Waals surface area contributed by atoms with Gasteiger partial charge in [-0.25, -0.2) is 8.78 Å². The third kappa shape index (κ3) is 5.20. The first-order chi connectivity index (χ1) is 12.0. The molecule has 3 rings (SSSR count). The minimum atomic E-state index is -2.56. The maximum Gasteiger partial charge on any atom is 0.248 e. The second kappa shape index (κ2) is 7.55. The predicted octanol–water partition coefficient (Wildman–Crippen LogP) is 4.42. The highest BCUT2D eigenvalue weighted by Gasteiger charge is 2.35. The first-order valence-corrected chi connectivity index (χ1v) is 8.23. The van der Waals surface area contributed by atoms with Gasteiger partial charge in [-0.15, -0.1) is 5.10 Å². The van der Waals surface area contributed by atoms with Crippen LogP contribution in [0.2, 0.25) is 0 Å². The molecule has 2 aromatic rings. The van der Waals surface area contributed by atoms with E-state index in [2.05, 4.69) is 15.5 Å². The molecule has 1 aliphatic carbocycles. The van der Waals surface area contributed by atoms with Gasteiger partial charge >= 0.3 is 0 Å². The molecule has 1 aromatic heterocycles. The molecule has 1 aliphatic rings. The van der Waals surface area contributed by atoms with Gasteiger partial charge in [0.15, 0.2) is 0 Å². The summed E-state index contributed by atoms with van der Waals surface area (Å²) in [4.78, 5) is 12.1. The van der Waals surface area contributed by atoms with Gasteiger partial charge in [0, 0.05) is 37.2 Å². The summed E-state index contributed by atoms with van der Waals surface area (Å²) in [5, 5.41) is 10.3. The van der Waals surface area contributed by atoms with Crippen molar-refractivity contribution in [2.75, 3.05) is 5.32 Å². The van der Waals surface area contributed by atoms with Crippen LogP contribution in [0, 0.1) is 5.92 Å². The zero-order valence-electron chi connectivity index (χ0n) is 13.6. The molecule has 25 heavy (non-hydrogen) atoms. The molecule has 0 bridgehead atoms. The van der Waals surface area contributed by atoms with Crippen molar-refractivity contribution in [3.63, 3.8) is 0 Å². The Morgan fingerprint density at radius 3 is 2.56 bits per heavy atom. The number of carbonyl (C=O) groups is 1. The second-order valence-electron chi connectivity index (χ2n) is 6.24. The molecule has 0 radical (unpaired) electrons. The first-order valence-electron chi connectivity index (χ1n) is 8.23. The lowest BCUT2D eigenvalue weighted by atomic mass is 9.84. The van der Waals surface area contributed by atoms with Crippen molar-refractivity contribution in [2.45, 2.75) is 38.0 Å². The number of anilines is 1. The molecule has 7 heteroatoms. The number of amides is 1. The van der Waals surface area contributed by atoms with Crippen LogP contribution in [0.25, 0.3) is 0 Å². The van der Waals surface area contributed by atoms with Gasteiger partial charge in [-0.2, -0.15) is 5.10 Å². The Bertz CT molecular complexity index is 698. The van der Waals surface area contributed by atoms with Crippen molar-refractivity contribution >= 4 is 11.6 Å². The lowest BCUT2D eigenvalue weighted by molar-refractivity contribution is -0.118. The number of hydrogen-bond acceptors (Lipinski definition) is 4. The van der Waals surface area contributed by atoms with Crippen LogP contribution < -0.4 is 10.1 Å². The number of nitrogens with one attached hydrogen (secondary N) is 1. The molecule has 0 atom stereocenters. The molecule has 1 aromatic carbocycles. The van der Waals surface area contributed by atoms with Crippen LogP contribution in [0.15, 0.2) is 42.6 Å². The largest absolute Gasteiger partial charge is 0.438 e. The summed E-state index contributed by atoms with van der Waals surface area (Å²) in [5.41, 5.74) is 0.637. The summed E-state index contributed by atoms with van der Waals surface area (Å²) in [6, 6.07) is 10.3. The van der Waals surface area contributed by atoms with Crippen LogP contribution >= 0.6 is 0 Å². The first kappa shape index (κ1) is 17.3. The molecule has 5 nitrogen and oxygen atoms in total. The summed E-state index contributed by atoms with van der Waals surface area (Å²) in [5.74, 6) is -1.73. The Kier molecular flexibility index (Phi) is 5.21. The molecule has 1 fully saturated rings. The molecule has 0 unspecified atom stereocenters. The zero-order chi connectivity index (χ0) is 17.7. The van der Waals surface area contributed by atoms with Gasteiger partial charge in [-0.3, -0.25) is 4.79 Å². The number of rotatable bonds is 5. The number of halogens is 2. The topological polar surface area (TPSA) is 64.1 Å². The summed E-state index contributed by atoms with van der Waals surface area (Å²) in [6.45, 7) is 0. The smallest absolute Gasteiger partial charge is 0.248 e. The predicted molar refractivity (Wildman–Crippen MR) is 88.7 cm³/mol. The van der Waals surface area contributed by atoms with E-state index in [1.54, 1.807) is 42.6 Å². The highest BCUT2D eigenvalue weighted by molar-refractivity contribution is 5.90. The van der Waals surface area contributed by atoms with Gasteiger partial charge in [-0.05, 0) is 49.1 Å². The lowest BCUT2D eigenvalue weighted by Crippen LogP contribution is -2.27. The highest BCUT2D eigenvalue weighted by Crippen LogP contribution is 2.37. The Morgan fingerprint density at radius 1 is 1.20 bits per heavy atom. The maximum atomic E-state index is 13.1. The fourth-order valence-corrected chi connectivity index (χ4v) is 2.85. The Hall–Kier alpha value is -2.57. The molecule has 1 saturated carbocycles. The van der Waals surface area contributed by atoms with Crippen molar-refractivity contribution < 1.29 is 18.3 Å². The number of alkyl halides is 2. The number of benzene rings is 1. The standard InChI is InChI=1S/C18H19F2N3O2/c19-18(20)9-7-13(8-10-18)12-16(24)22-14-3-5-15(6-4-14)25-17-2-1-11-21-23-17/h1-6,11,13H,7-10,12H2,(H,22,24). The summed E-state index contributed by atoms with van der Waals surface area (Å²) >= 11 is 0. The SMILES string of the molecule is O=C(CC1CCC(F)(F)CC1)Nc1ccc(Oc2cccnn2)cc1. The van der Waals surface area contributed by atoms with E-state index in [0.717, 1.165) is 0 Å². The van der Waals surface area contributed by atoms with Crippen LogP contribution in [-0.4, -0.2) is 22.0 Å². The fourth-order valence-electron chi connectivity index (χ4n) is 2.85. The monoisotopic (exact) mass is 347 g/mol. The van der Waals surface area contributed by atoms with Gasteiger partial charge < -0.3 is 10.1 Å². The van der Waals surface area contributed by atoms with E-state index in [-0.39, 0.29) is 31.1 Å². The Morgan fingerprint density at radius 2 is 1.92 bits per heavy atom. The highest BCUT2D eigenvalue weighted by atomic mass is 19.3. The van der Waals surface area contributed by atoms with E-state index >= 15 is 0 Å². The van der Waals surface area contributed by atoms with E-state index in [0.29, 0.717) is 30.2 Å². The third-order valence-electron chi connectivity index (χ3n) is 4.22. The van der Waals surface area contributed by atoms with Gasteiger partial charge in [0.1, 0.15) is 5.75 Å². The minimum absolute atomic E-state index is 0.0267. The second-order valence-corrected chi connectivity index (χ2v) is 6.24. The molecule has 132 valence electrons. The van der Waals surface area contributed by atoms with E-state index in [4.69, 9.17) is 4.74 Å². The van der Waals surface area contributed by atoms with Gasteiger partial charge in [-0.1, -0.05) is 0 Å². The van der Waals surface area contributed by atoms with Crippen molar-refractivity contribution in [3.8, 4) is 11.6 Å². The normalized spacial score (nSPS) is 17.0. The molecule has 1 heterocycles.